The van der Waals surface area contributed by atoms with Crippen molar-refractivity contribution < 1.29 is 13.2 Å². The minimum Gasteiger partial charge on any atom is -0.338 e. The van der Waals surface area contributed by atoms with Crippen molar-refractivity contribution in [1.82, 2.24) is 4.90 Å². The molecule has 2 N–H and O–H groups in total. The van der Waals surface area contributed by atoms with Crippen molar-refractivity contribution in [3.8, 4) is 0 Å². The third-order valence-electron chi connectivity index (χ3n) is 3.78. The van der Waals surface area contributed by atoms with Gasteiger partial charge in [0.15, 0.2) is 9.84 Å². The first kappa shape index (κ1) is 15.0. The Morgan fingerprint density at radius 2 is 1.95 bits per heavy atom. The van der Waals surface area contributed by atoms with Crippen molar-refractivity contribution in [3.63, 3.8) is 0 Å². The maximum Gasteiger partial charge on any atom is 0.253 e. The molecule has 1 amide bonds. The second-order valence-corrected chi connectivity index (χ2v) is 7.47. The molecule has 20 heavy (non-hydrogen) atoms. The zero-order valence-electron chi connectivity index (χ0n) is 11.7. The third-order valence-corrected chi connectivity index (χ3v) is 4.91. The lowest BCUT2D eigenvalue weighted by atomic mass is 10.0. The molecule has 1 fully saturated rings. The highest BCUT2D eigenvalue weighted by atomic mass is 32.2. The average molecular weight is 296 g/mol. The number of hydrogen-bond acceptors (Lipinski definition) is 4. The van der Waals surface area contributed by atoms with Crippen LogP contribution in [-0.4, -0.2) is 44.6 Å². The monoisotopic (exact) mass is 296 g/mol. The minimum atomic E-state index is -3.23. The fourth-order valence-electron chi connectivity index (χ4n) is 2.43. The number of nitrogens with zero attached hydrogens (tertiary/aromatic N) is 1. The third kappa shape index (κ3) is 3.19. The van der Waals surface area contributed by atoms with Gasteiger partial charge in [-0.3, -0.25) is 4.79 Å². The molecule has 2 unspecified atom stereocenters. The van der Waals surface area contributed by atoms with Crippen LogP contribution in [0, 0.1) is 5.92 Å². The Morgan fingerprint density at radius 1 is 1.35 bits per heavy atom. The number of likely N-dealkylation sites (tertiary alicyclic amines) is 1. The molecule has 2 atom stereocenters. The van der Waals surface area contributed by atoms with Crippen molar-refractivity contribution in [2.24, 2.45) is 11.7 Å². The minimum absolute atomic E-state index is 0.0619. The van der Waals surface area contributed by atoms with E-state index in [0.717, 1.165) is 12.7 Å². The van der Waals surface area contributed by atoms with E-state index in [4.69, 9.17) is 5.73 Å². The molecule has 1 aliphatic heterocycles. The molecule has 1 aromatic carbocycles. The van der Waals surface area contributed by atoms with Gasteiger partial charge in [-0.2, -0.15) is 0 Å². The molecule has 1 aliphatic rings. The zero-order valence-corrected chi connectivity index (χ0v) is 12.6. The number of carbonyl (C=O) groups excluding carboxylic acids is 1. The molecule has 110 valence electrons. The van der Waals surface area contributed by atoms with Crippen LogP contribution in [0.1, 0.15) is 23.7 Å². The SMILES string of the molecule is CC(N)C1CCN(C(=O)c2ccc(S(C)(=O)=O)cc2)C1. The van der Waals surface area contributed by atoms with Crippen molar-refractivity contribution >= 4 is 15.7 Å². The summed E-state index contributed by atoms with van der Waals surface area (Å²) in [5.74, 6) is 0.280. The van der Waals surface area contributed by atoms with Crippen molar-refractivity contribution in [1.29, 1.82) is 0 Å². The molecule has 0 radical (unpaired) electrons. The van der Waals surface area contributed by atoms with Crippen molar-refractivity contribution in [3.05, 3.63) is 29.8 Å². The van der Waals surface area contributed by atoms with Crippen molar-refractivity contribution in [2.45, 2.75) is 24.3 Å². The van der Waals surface area contributed by atoms with Crippen LogP contribution in [0.5, 0.6) is 0 Å². The normalized spacial score (nSPS) is 20.9. The summed E-state index contributed by atoms with van der Waals surface area (Å²) in [5.41, 5.74) is 6.38. The Hall–Kier alpha value is -1.40. The molecule has 2 rings (SSSR count). The number of amides is 1. The van der Waals surface area contributed by atoms with Gasteiger partial charge in [0.05, 0.1) is 4.90 Å². The summed E-state index contributed by atoms with van der Waals surface area (Å²) in [6.07, 6.45) is 2.07. The fraction of sp³-hybridized carbons (Fsp3) is 0.500. The Bertz CT molecular complexity index is 593. The zero-order chi connectivity index (χ0) is 14.9. The standard InChI is InChI=1S/C14H20N2O3S/c1-10(15)12-7-8-16(9-12)14(17)11-3-5-13(6-4-11)20(2,18)19/h3-6,10,12H,7-9,15H2,1-2H3. The van der Waals surface area contributed by atoms with Crippen LogP contribution < -0.4 is 5.73 Å². The van der Waals surface area contributed by atoms with E-state index in [0.29, 0.717) is 24.6 Å². The van der Waals surface area contributed by atoms with Crippen LogP contribution in [0.25, 0.3) is 0 Å². The van der Waals surface area contributed by atoms with E-state index in [9.17, 15) is 13.2 Å². The van der Waals surface area contributed by atoms with E-state index >= 15 is 0 Å². The molecule has 0 aromatic heterocycles. The summed E-state index contributed by atoms with van der Waals surface area (Å²) in [5, 5.41) is 0. The lowest BCUT2D eigenvalue weighted by Gasteiger charge is -2.18. The van der Waals surface area contributed by atoms with Crippen LogP contribution >= 0.6 is 0 Å². The van der Waals surface area contributed by atoms with E-state index in [1.165, 1.54) is 12.1 Å². The summed E-state index contributed by atoms with van der Waals surface area (Å²) < 4.78 is 22.8. The predicted molar refractivity (Wildman–Crippen MR) is 77.2 cm³/mol. The quantitative estimate of drug-likeness (QED) is 0.898. The number of nitrogens with two attached hydrogens (primary N) is 1. The molecule has 1 saturated heterocycles. The molecular formula is C14H20N2O3S. The Morgan fingerprint density at radius 3 is 2.40 bits per heavy atom. The maximum absolute atomic E-state index is 12.3. The molecule has 0 bridgehead atoms. The van der Waals surface area contributed by atoms with E-state index in [-0.39, 0.29) is 16.8 Å². The Kier molecular flexibility index (Phi) is 4.15. The average Bonchev–Trinajstić information content (AvgIpc) is 2.86. The number of rotatable bonds is 3. The molecule has 5 nitrogen and oxygen atoms in total. The smallest absolute Gasteiger partial charge is 0.253 e. The summed E-state index contributed by atoms with van der Waals surface area (Å²) in [6.45, 7) is 3.34. The first-order valence-corrected chi connectivity index (χ1v) is 8.53. The highest BCUT2D eigenvalue weighted by Crippen LogP contribution is 2.21. The van der Waals surface area contributed by atoms with Gasteiger partial charge in [0, 0.05) is 31.0 Å². The Labute approximate surface area is 119 Å². The molecular weight excluding hydrogens is 276 g/mol. The van der Waals surface area contributed by atoms with E-state index in [1.807, 2.05) is 6.92 Å². The summed E-state index contributed by atoms with van der Waals surface area (Å²) >= 11 is 0. The van der Waals surface area contributed by atoms with Crippen LogP contribution in [0.15, 0.2) is 29.2 Å². The number of benzene rings is 1. The van der Waals surface area contributed by atoms with Gasteiger partial charge >= 0.3 is 0 Å². The highest BCUT2D eigenvalue weighted by Gasteiger charge is 2.28. The van der Waals surface area contributed by atoms with E-state index in [2.05, 4.69) is 0 Å². The van der Waals surface area contributed by atoms with Crippen molar-refractivity contribution in [2.75, 3.05) is 19.3 Å². The Balaban J connectivity index is 2.11. The van der Waals surface area contributed by atoms with Crippen LogP contribution in [0.4, 0.5) is 0 Å². The molecule has 1 aromatic rings. The number of hydrogen-bond donors (Lipinski definition) is 1. The van der Waals surface area contributed by atoms with Crippen LogP contribution in [-0.2, 0) is 9.84 Å². The molecule has 0 saturated carbocycles. The van der Waals surface area contributed by atoms with Gasteiger partial charge in [0.1, 0.15) is 0 Å². The number of carbonyl (C=O) groups is 1. The summed E-state index contributed by atoms with van der Waals surface area (Å²) in [6, 6.07) is 6.17. The largest absolute Gasteiger partial charge is 0.338 e. The first-order chi connectivity index (χ1) is 9.29. The van der Waals surface area contributed by atoms with Gasteiger partial charge in [0.25, 0.3) is 5.91 Å². The van der Waals surface area contributed by atoms with Gasteiger partial charge in [-0.15, -0.1) is 0 Å². The second-order valence-electron chi connectivity index (χ2n) is 5.46. The summed E-state index contributed by atoms with van der Waals surface area (Å²) in [4.78, 5) is 14.3. The number of sulfone groups is 1. The van der Waals surface area contributed by atoms with E-state index in [1.54, 1.807) is 17.0 Å². The topological polar surface area (TPSA) is 80.5 Å². The van der Waals surface area contributed by atoms with Gasteiger partial charge in [-0.05, 0) is 43.5 Å². The summed E-state index contributed by atoms with van der Waals surface area (Å²) in [7, 11) is -3.23. The van der Waals surface area contributed by atoms with Crippen LogP contribution in [0.2, 0.25) is 0 Å². The second kappa shape index (κ2) is 5.54. The van der Waals surface area contributed by atoms with Gasteiger partial charge in [0.2, 0.25) is 0 Å². The molecule has 0 spiro atoms. The lowest BCUT2D eigenvalue weighted by molar-refractivity contribution is 0.0786. The molecule has 6 heteroatoms. The van der Waals surface area contributed by atoms with Gasteiger partial charge in [-0.1, -0.05) is 0 Å². The fourth-order valence-corrected chi connectivity index (χ4v) is 3.06. The van der Waals surface area contributed by atoms with E-state index < -0.39 is 9.84 Å². The lowest BCUT2D eigenvalue weighted by Crippen LogP contribution is -2.33. The van der Waals surface area contributed by atoms with Crippen LogP contribution in [0.3, 0.4) is 0 Å². The molecule has 1 heterocycles. The first-order valence-electron chi connectivity index (χ1n) is 6.64. The maximum atomic E-state index is 12.3. The predicted octanol–water partition coefficient (Wildman–Crippen LogP) is 0.899. The molecule has 0 aliphatic carbocycles. The van der Waals surface area contributed by atoms with Gasteiger partial charge < -0.3 is 10.6 Å². The van der Waals surface area contributed by atoms with Gasteiger partial charge in [-0.25, -0.2) is 8.42 Å². The highest BCUT2D eigenvalue weighted by molar-refractivity contribution is 7.90.